The second-order valence-electron chi connectivity index (χ2n) is 17.5. The molecular weight excluding hydrogens is 784 g/mol. The third-order valence-electron chi connectivity index (χ3n) is 12.9. The second-order valence-corrected chi connectivity index (χ2v) is 19.7. The van der Waals surface area contributed by atoms with Crippen molar-refractivity contribution in [2.75, 3.05) is 75.8 Å². The molecule has 59 heavy (non-hydrogen) atoms. The third kappa shape index (κ3) is 8.70. The summed E-state index contributed by atoms with van der Waals surface area (Å²) in [5, 5.41) is 12.1. The number of pyridine rings is 1. The van der Waals surface area contributed by atoms with Crippen LogP contribution in [0.4, 0.5) is 24.7 Å². The first kappa shape index (κ1) is 42.5. The predicted octanol–water partition coefficient (Wildman–Crippen LogP) is 6.04. The number of sulfonamides is 1. The molecule has 16 heteroatoms. The fourth-order valence-corrected chi connectivity index (χ4v) is 11.8. The number of hydrogen-bond acceptors (Lipinski definition) is 10. The van der Waals surface area contributed by atoms with E-state index in [9.17, 15) is 31.6 Å². The summed E-state index contributed by atoms with van der Waals surface area (Å²) in [4.78, 5) is 23.9. The van der Waals surface area contributed by atoms with E-state index < -0.39 is 27.0 Å². The van der Waals surface area contributed by atoms with E-state index in [1.165, 1.54) is 11.4 Å². The van der Waals surface area contributed by atoms with Crippen molar-refractivity contribution in [1.29, 1.82) is 5.26 Å². The van der Waals surface area contributed by atoms with Gasteiger partial charge in [-0.05, 0) is 80.3 Å². The van der Waals surface area contributed by atoms with Gasteiger partial charge in [0.05, 0.1) is 23.5 Å². The van der Waals surface area contributed by atoms with E-state index in [2.05, 4.69) is 53.9 Å². The Hall–Kier alpha value is -4.59. The number of amides is 1. The van der Waals surface area contributed by atoms with E-state index in [0.29, 0.717) is 41.5 Å². The lowest BCUT2D eigenvalue weighted by molar-refractivity contribution is -0.164. The van der Waals surface area contributed by atoms with Crippen LogP contribution in [0.25, 0.3) is 0 Å². The Balaban J connectivity index is 0.854. The SMILES string of the molecule is COc1cc(OC2C(C)(C)C(NC(=O)c3ccc(N4CCC(CN5CCC(S(=O)(=O)N6CCN(c7cc(C(F)(F)F)ccn7)CC6)C5)CC4)cc3)C2(C)C)ccc1C#N. The minimum Gasteiger partial charge on any atom is -0.495 e. The number of piperazine rings is 1. The number of aromatic nitrogens is 1. The number of likely N-dealkylation sites (tertiary alicyclic amines) is 1. The first-order valence-electron chi connectivity index (χ1n) is 20.3. The van der Waals surface area contributed by atoms with Crippen molar-refractivity contribution in [1.82, 2.24) is 19.5 Å². The number of carbonyl (C=O) groups is 1. The number of nitrogens with zero attached hydrogens (tertiary/aromatic N) is 6. The highest BCUT2D eigenvalue weighted by atomic mass is 32.2. The summed E-state index contributed by atoms with van der Waals surface area (Å²) in [5.41, 5.74) is 0.573. The zero-order valence-electron chi connectivity index (χ0n) is 34.3. The van der Waals surface area contributed by atoms with Crippen LogP contribution in [0, 0.1) is 28.1 Å². The maximum atomic E-state index is 13.6. The van der Waals surface area contributed by atoms with Crippen molar-refractivity contribution in [3.8, 4) is 17.6 Å². The van der Waals surface area contributed by atoms with Gasteiger partial charge in [0.25, 0.3) is 5.91 Å². The largest absolute Gasteiger partial charge is 0.495 e. The zero-order valence-corrected chi connectivity index (χ0v) is 35.2. The maximum absolute atomic E-state index is 13.6. The Labute approximate surface area is 345 Å². The van der Waals surface area contributed by atoms with Gasteiger partial charge < -0.3 is 29.5 Å². The number of rotatable bonds is 11. The van der Waals surface area contributed by atoms with Crippen LogP contribution in [0.1, 0.15) is 68.4 Å². The van der Waals surface area contributed by atoms with Crippen molar-refractivity contribution < 1.29 is 35.9 Å². The first-order chi connectivity index (χ1) is 27.9. The molecule has 1 atom stereocenters. The predicted molar refractivity (Wildman–Crippen MR) is 219 cm³/mol. The van der Waals surface area contributed by atoms with Crippen LogP contribution in [0.5, 0.6) is 11.5 Å². The van der Waals surface area contributed by atoms with Crippen LogP contribution in [-0.4, -0.2) is 112 Å². The third-order valence-corrected chi connectivity index (χ3v) is 15.2. The average Bonchev–Trinajstić information content (AvgIpc) is 3.71. The molecule has 0 radical (unpaired) electrons. The number of methoxy groups -OCH3 is 1. The smallest absolute Gasteiger partial charge is 0.416 e. The fourth-order valence-electron chi connectivity index (χ4n) is 9.91. The highest BCUT2D eigenvalue weighted by Gasteiger charge is 2.64. The summed E-state index contributed by atoms with van der Waals surface area (Å²) >= 11 is 0. The molecule has 3 aliphatic heterocycles. The number of nitriles is 1. The molecule has 3 saturated heterocycles. The molecule has 1 aliphatic carbocycles. The van der Waals surface area contributed by atoms with E-state index in [0.717, 1.165) is 63.0 Å². The highest BCUT2D eigenvalue weighted by molar-refractivity contribution is 7.89. The van der Waals surface area contributed by atoms with Crippen molar-refractivity contribution in [3.05, 3.63) is 77.5 Å². The fraction of sp³-hybridized carbons (Fsp3) is 0.558. The number of ether oxygens (including phenoxy) is 2. The van der Waals surface area contributed by atoms with E-state index in [1.54, 1.807) is 23.1 Å². The van der Waals surface area contributed by atoms with Gasteiger partial charge in [-0.1, -0.05) is 27.7 Å². The van der Waals surface area contributed by atoms with Crippen LogP contribution in [0.2, 0.25) is 0 Å². The van der Waals surface area contributed by atoms with Crippen LogP contribution in [0.15, 0.2) is 60.8 Å². The molecule has 1 saturated carbocycles. The first-order valence-corrected chi connectivity index (χ1v) is 21.8. The number of piperidine rings is 1. The lowest BCUT2D eigenvalue weighted by Gasteiger charge is -2.63. The van der Waals surface area contributed by atoms with E-state index in [4.69, 9.17) is 9.47 Å². The van der Waals surface area contributed by atoms with Crippen molar-refractivity contribution in [2.24, 2.45) is 16.7 Å². The number of benzene rings is 2. The van der Waals surface area contributed by atoms with Crippen LogP contribution in [0.3, 0.4) is 0 Å². The zero-order chi connectivity index (χ0) is 42.3. The summed E-state index contributed by atoms with van der Waals surface area (Å²) in [5.74, 6) is 1.58. The Kier molecular flexibility index (Phi) is 11.9. The summed E-state index contributed by atoms with van der Waals surface area (Å²) in [7, 11) is -2.03. The second kappa shape index (κ2) is 16.5. The van der Waals surface area contributed by atoms with Gasteiger partial charge >= 0.3 is 6.18 Å². The van der Waals surface area contributed by atoms with Crippen molar-refractivity contribution in [3.63, 3.8) is 0 Å². The number of hydrogen-bond donors (Lipinski definition) is 1. The molecule has 318 valence electrons. The summed E-state index contributed by atoms with van der Waals surface area (Å²) in [6.07, 6.45) is -1.00. The van der Waals surface area contributed by atoms with Crippen molar-refractivity contribution in [2.45, 2.75) is 70.5 Å². The quantitative estimate of drug-likeness (QED) is 0.244. The van der Waals surface area contributed by atoms with Crippen molar-refractivity contribution >= 4 is 27.4 Å². The van der Waals surface area contributed by atoms with E-state index in [-0.39, 0.29) is 60.9 Å². The average molecular weight is 838 g/mol. The van der Waals surface area contributed by atoms with Gasteiger partial charge in [0.1, 0.15) is 29.5 Å². The lowest BCUT2D eigenvalue weighted by Crippen LogP contribution is -2.74. The molecule has 12 nitrogen and oxygen atoms in total. The molecule has 4 heterocycles. The normalized spacial score (nSPS) is 23.9. The highest BCUT2D eigenvalue weighted by Crippen LogP contribution is 2.55. The molecule has 7 rings (SSSR count). The minimum absolute atomic E-state index is 0.138. The Bertz CT molecular complexity index is 2130. The standard InChI is InChI=1S/C43H54F3N7O5S/c1-41(2)39(42(3,4)40(41)58-34-11-8-31(26-47)36(25-34)57-5)49-38(54)30-6-9-33(10-7-30)51-18-13-29(14-19-51)27-50-17-15-35(28-50)59(55,56)53-22-20-52(21-23-53)37-24-32(12-16-48-37)43(44,45)46/h6-12,16,24-25,29,35,39-40H,13-15,17-23,27-28H2,1-5H3,(H,49,54). The van der Waals surface area contributed by atoms with Crippen LogP contribution in [-0.2, 0) is 16.2 Å². The number of halogens is 3. The molecular formula is C43H54F3N7O5S. The summed E-state index contributed by atoms with van der Waals surface area (Å²) < 4.78 is 80.2. The van der Waals surface area contributed by atoms with E-state index in [1.807, 2.05) is 24.3 Å². The topological polar surface area (TPSA) is 131 Å². The van der Waals surface area contributed by atoms with Gasteiger partial charge in [0, 0.05) is 92.7 Å². The molecule has 1 unspecified atom stereocenters. The Morgan fingerprint density at radius 3 is 2.22 bits per heavy atom. The van der Waals surface area contributed by atoms with Crippen LogP contribution >= 0.6 is 0 Å². The molecule has 1 amide bonds. The Morgan fingerprint density at radius 2 is 1.59 bits per heavy atom. The van der Waals surface area contributed by atoms with Gasteiger partial charge in [0.2, 0.25) is 10.0 Å². The molecule has 4 fully saturated rings. The summed E-state index contributed by atoms with van der Waals surface area (Å²) in [6.45, 7) is 13.1. The maximum Gasteiger partial charge on any atom is 0.416 e. The molecule has 0 spiro atoms. The van der Waals surface area contributed by atoms with Crippen LogP contribution < -0.4 is 24.6 Å². The number of alkyl halides is 3. The molecule has 3 aromatic rings. The number of carbonyl (C=O) groups excluding carboxylic acids is 1. The molecule has 4 aliphatic rings. The van der Waals surface area contributed by atoms with Gasteiger partial charge in [-0.25, -0.2) is 13.4 Å². The minimum atomic E-state index is -4.47. The van der Waals surface area contributed by atoms with Gasteiger partial charge in [-0.15, -0.1) is 0 Å². The monoisotopic (exact) mass is 837 g/mol. The summed E-state index contributed by atoms with van der Waals surface area (Å²) in [6, 6.07) is 16.9. The molecule has 1 aromatic heterocycles. The van der Waals surface area contributed by atoms with E-state index >= 15 is 0 Å². The van der Waals surface area contributed by atoms with Gasteiger partial charge in [-0.2, -0.15) is 22.7 Å². The Morgan fingerprint density at radius 1 is 0.915 bits per heavy atom. The van der Waals surface area contributed by atoms with Gasteiger partial charge in [-0.3, -0.25) is 4.79 Å². The molecule has 0 bridgehead atoms. The number of nitrogens with one attached hydrogen (secondary N) is 1. The molecule has 1 N–H and O–H groups in total. The van der Waals surface area contributed by atoms with Gasteiger partial charge in [0.15, 0.2) is 0 Å². The molecule has 2 aromatic carbocycles. The number of anilines is 2. The lowest BCUT2D eigenvalue weighted by atomic mass is 9.49.